The average molecular weight is 312 g/mol. The Balaban J connectivity index is 2.11. The number of benzene rings is 1. The Hall–Kier alpha value is -1.36. The highest BCUT2D eigenvalue weighted by molar-refractivity contribution is 9.10. The van der Waals surface area contributed by atoms with Crippen LogP contribution in [0.25, 0.3) is 0 Å². The molecule has 0 N–H and O–H groups in total. The summed E-state index contributed by atoms with van der Waals surface area (Å²) in [4.78, 5) is 24.7. The van der Waals surface area contributed by atoms with E-state index in [0.717, 1.165) is 11.3 Å². The summed E-state index contributed by atoms with van der Waals surface area (Å²) in [5.41, 5.74) is 0.916. The van der Waals surface area contributed by atoms with Crippen molar-refractivity contribution < 1.29 is 14.3 Å². The van der Waals surface area contributed by atoms with E-state index in [-0.39, 0.29) is 16.6 Å². The first-order valence-corrected chi connectivity index (χ1v) is 6.64. The van der Waals surface area contributed by atoms with Crippen LogP contribution in [0.2, 0.25) is 0 Å². The van der Waals surface area contributed by atoms with Crippen molar-refractivity contribution in [3.8, 4) is 5.75 Å². The van der Waals surface area contributed by atoms with Crippen molar-refractivity contribution in [2.24, 2.45) is 0 Å². The predicted octanol–water partition coefficient (Wildman–Crippen LogP) is 2.11. The van der Waals surface area contributed by atoms with E-state index in [0.29, 0.717) is 19.4 Å². The number of rotatable bonds is 3. The molecule has 0 saturated carbocycles. The quantitative estimate of drug-likeness (QED) is 0.634. The van der Waals surface area contributed by atoms with Gasteiger partial charge in [0.15, 0.2) is 0 Å². The van der Waals surface area contributed by atoms with Crippen molar-refractivity contribution in [1.29, 1.82) is 0 Å². The molecule has 1 unspecified atom stereocenters. The maximum Gasteiger partial charge on any atom is 0.243 e. The average Bonchev–Trinajstić information content (AvgIpc) is 2.40. The zero-order valence-electron chi connectivity index (χ0n) is 10.1. The Labute approximate surface area is 114 Å². The van der Waals surface area contributed by atoms with Gasteiger partial charge in [0.1, 0.15) is 5.75 Å². The summed E-state index contributed by atoms with van der Waals surface area (Å²) in [6.45, 7) is 0.323. The molecular formula is C13H14BrNO3. The molecule has 1 aliphatic rings. The molecule has 1 saturated heterocycles. The van der Waals surface area contributed by atoms with Gasteiger partial charge in [-0.15, -0.1) is 0 Å². The number of hydrogen-bond acceptors (Lipinski definition) is 3. The normalized spacial score (nSPS) is 20.1. The summed E-state index contributed by atoms with van der Waals surface area (Å²) in [5, 5.41) is 0. The second-order valence-corrected chi connectivity index (χ2v) is 5.28. The number of methoxy groups -OCH3 is 1. The third-order valence-electron chi connectivity index (χ3n) is 2.95. The van der Waals surface area contributed by atoms with E-state index >= 15 is 0 Å². The highest BCUT2D eigenvalue weighted by atomic mass is 79.9. The molecular weight excluding hydrogens is 298 g/mol. The molecule has 0 aromatic heterocycles. The number of halogens is 1. The van der Waals surface area contributed by atoms with Gasteiger partial charge in [0.25, 0.3) is 0 Å². The Morgan fingerprint density at radius 2 is 2.00 bits per heavy atom. The molecule has 18 heavy (non-hydrogen) atoms. The summed E-state index contributed by atoms with van der Waals surface area (Å²) >= 11 is 3.29. The molecule has 1 fully saturated rings. The number of nitrogens with zero attached hydrogens (tertiary/aromatic N) is 1. The van der Waals surface area contributed by atoms with Crippen LogP contribution in [0.15, 0.2) is 24.3 Å². The number of imide groups is 1. The van der Waals surface area contributed by atoms with E-state index in [1.165, 1.54) is 4.90 Å². The predicted molar refractivity (Wildman–Crippen MR) is 70.5 cm³/mol. The molecule has 4 nitrogen and oxygen atoms in total. The van der Waals surface area contributed by atoms with Gasteiger partial charge < -0.3 is 4.74 Å². The van der Waals surface area contributed by atoms with Gasteiger partial charge in [0, 0.05) is 6.42 Å². The lowest BCUT2D eigenvalue weighted by Gasteiger charge is -2.28. The van der Waals surface area contributed by atoms with E-state index < -0.39 is 0 Å². The van der Waals surface area contributed by atoms with Gasteiger partial charge >= 0.3 is 0 Å². The highest BCUT2D eigenvalue weighted by Gasteiger charge is 2.32. The maximum atomic E-state index is 11.9. The fourth-order valence-corrected chi connectivity index (χ4v) is 2.36. The number of hydrogen-bond donors (Lipinski definition) is 0. The van der Waals surface area contributed by atoms with Gasteiger partial charge in [-0.05, 0) is 24.1 Å². The van der Waals surface area contributed by atoms with Crippen LogP contribution in [0, 0.1) is 0 Å². The number of likely N-dealkylation sites (tertiary alicyclic amines) is 1. The van der Waals surface area contributed by atoms with Crippen LogP contribution in [0.4, 0.5) is 0 Å². The summed E-state index contributed by atoms with van der Waals surface area (Å²) in [6.07, 6.45) is 0.995. The maximum absolute atomic E-state index is 11.9. The number of alkyl halides is 1. The molecule has 96 valence electrons. The second-order valence-electron chi connectivity index (χ2n) is 4.17. The molecule has 0 spiro atoms. The summed E-state index contributed by atoms with van der Waals surface area (Å²) < 4.78 is 5.06. The van der Waals surface area contributed by atoms with E-state index in [1.807, 2.05) is 24.3 Å². The fraction of sp³-hybridized carbons (Fsp3) is 0.385. The van der Waals surface area contributed by atoms with E-state index in [2.05, 4.69) is 15.9 Å². The Morgan fingerprint density at radius 3 is 2.61 bits per heavy atom. The molecule has 1 atom stereocenters. The van der Waals surface area contributed by atoms with Crippen LogP contribution < -0.4 is 4.74 Å². The van der Waals surface area contributed by atoms with Crippen molar-refractivity contribution >= 4 is 27.7 Å². The molecule has 1 aromatic rings. The Morgan fingerprint density at radius 1 is 1.33 bits per heavy atom. The van der Waals surface area contributed by atoms with Gasteiger partial charge in [-0.25, -0.2) is 0 Å². The number of piperidine rings is 1. The smallest absolute Gasteiger partial charge is 0.243 e. The largest absolute Gasteiger partial charge is 0.497 e. The first-order chi connectivity index (χ1) is 8.61. The third kappa shape index (κ3) is 2.72. The van der Waals surface area contributed by atoms with Crippen molar-refractivity contribution in [2.45, 2.75) is 24.2 Å². The number of ether oxygens (including phenoxy) is 1. The minimum atomic E-state index is -0.242. The van der Waals surface area contributed by atoms with Crippen molar-refractivity contribution in [3.63, 3.8) is 0 Å². The molecule has 1 aliphatic heterocycles. The molecule has 5 heteroatoms. The highest BCUT2D eigenvalue weighted by Crippen LogP contribution is 2.22. The summed E-state index contributed by atoms with van der Waals surface area (Å²) in [7, 11) is 1.60. The Bertz CT molecular complexity index is 458. The zero-order valence-corrected chi connectivity index (χ0v) is 11.6. The first kappa shape index (κ1) is 13.1. The summed E-state index contributed by atoms with van der Waals surface area (Å²) in [6, 6.07) is 7.36. The van der Waals surface area contributed by atoms with Crippen LogP contribution in [0.5, 0.6) is 5.75 Å². The minimum absolute atomic E-state index is 0.105. The van der Waals surface area contributed by atoms with E-state index in [9.17, 15) is 9.59 Å². The number of carbonyl (C=O) groups excluding carboxylic acids is 2. The molecule has 2 rings (SSSR count). The van der Waals surface area contributed by atoms with Crippen molar-refractivity contribution in [2.75, 3.05) is 7.11 Å². The van der Waals surface area contributed by atoms with Crippen LogP contribution in [0.1, 0.15) is 18.4 Å². The zero-order chi connectivity index (χ0) is 13.1. The van der Waals surface area contributed by atoms with Gasteiger partial charge in [0.2, 0.25) is 11.8 Å². The topological polar surface area (TPSA) is 46.6 Å². The van der Waals surface area contributed by atoms with Gasteiger partial charge in [-0.1, -0.05) is 28.1 Å². The van der Waals surface area contributed by atoms with Crippen molar-refractivity contribution in [3.05, 3.63) is 29.8 Å². The molecule has 0 bridgehead atoms. The third-order valence-corrected chi connectivity index (χ3v) is 3.80. The fourth-order valence-electron chi connectivity index (χ4n) is 1.88. The monoisotopic (exact) mass is 311 g/mol. The first-order valence-electron chi connectivity index (χ1n) is 5.73. The van der Waals surface area contributed by atoms with Crippen LogP contribution in [-0.2, 0) is 16.1 Å². The Kier molecular flexibility index (Phi) is 4.01. The molecule has 0 radical (unpaired) electrons. The lowest BCUT2D eigenvalue weighted by molar-refractivity contribution is -0.148. The van der Waals surface area contributed by atoms with Crippen LogP contribution in [0.3, 0.4) is 0 Å². The lowest BCUT2D eigenvalue weighted by atomic mass is 10.1. The van der Waals surface area contributed by atoms with Gasteiger partial charge in [0.05, 0.1) is 18.5 Å². The van der Waals surface area contributed by atoms with Gasteiger partial charge in [-0.3, -0.25) is 14.5 Å². The van der Waals surface area contributed by atoms with E-state index in [1.54, 1.807) is 7.11 Å². The van der Waals surface area contributed by atoms with Crippen molar-refractivity contribution in [1.82, 2.24) is 4.90 Å². The molecule has 0 aliphatic carbocycles. The standard InChI is InChI=1S/C13H14BrNO3/c1-18-10-4-2-9(3-5-10)8-15-12(16)7-6-11(14)13(15)17/h2-5,11H,6-8H2,1H3. The van der Waals surface area contributed by atoms with Crippen LogP contribution in [-0.4, -0.2) is 28.7 Å². The number of amides is 2. The van der Waals surface area contributed by atoms with Gasteiger partial charge in [-0.2, -0.15) is 0 Å². The number of carbonyl (C=O) groups is 2. The molecule has 1 heterocycles. The molecule has 2 amide bonds. The lowest BCUT2D eigenvalue weighted by Crippen LogP contribution is -2.44. The molecule has 1 aromatic carbocycles. The SMILES string of the molecule is COc1ccc(CN2C(=O)CCC(Br)C2=O)cc1. The minimum Gasteiger partial charge on any atom is -0.497 e. The summed E-state index contributed by atoms with van der Waals surface area (Å²) in [5.74, 6) is 0.502. The van der Waals surface area contributed by atoms with E-state index in [4.69, 9.17) is 4.74 Å². The second kappa shape index (κ2) is 5.52. The van der Waals surface area contributed by atoms with Crippen LogP contribution >= 0.6 is 15.9 Å².